The van der Waals surface area contributed by atoms with E-state index in [4.69, 9.17) is 4.74 Å². The Balaban J connectivity index is 2.20. The number of rotatable bonds is 2. The SMILES string of the molecule is Cc1ccc(-c2c([N+](=O)[O-])nc3n2CC(C)O3)s1. The zero-order valence-electron chi connectivity index (χ0n) is 9.91. The third-order valence-corrected chi connectivity index (χ3v) is 3.81. The van der Waals surface area contributed by atoms with Crippen molar-refractivity contribution in [1.29, 1.82) is 0 Å². The van der Waals surface area contributed by atoms with E-state index in [1.807, 2.05) is 26.0 Å². The summed E-state index contributed by atoms with van der Waals surface area (Å²) in [4.78, 5) is 16.6. The molecule has 3 rings (SSSR count). The minimum Gasteiger partial charge on any atom is -0.441 e. The number of nitro groups is 1. The van der Waals surface area contributed by atoms with Crippen LogP contribution in [0.2, 0.25) is 0 Å². The quantitative estimate of drug-likeness (QED) is 0.618. The fourth-order valence-corrected chi connectivity index (χ4v) is 3.00. The summed E-state index contributed by atoms with van der Waals surface area (Å²) in [6.45, 7) is 4.49. The molecule has 0 saturated carbocycles. The molecule has 1 atom stereocenters. The van der Waals surface area contributed by atoms with E-state index in [0.29, 0.717) is 18.2 Å². The van der Waals surface area contributed by atoms with Crippen molar-refractivity contribution in [3.63, 3.8) is 0 Å². The predicted octanol–water partition coefficient (Wildman–Crippen LogP) is 2.61. The number of aromatic nitrogens is 2. The maximum Gasteiger partial charge on any atom is 0.415 e. The van der Waals surface area contributed by atoms with Gasteiger partial charge in [0, 0.05) is 9.86 Å². The maximum atomic E-state index is 11.1. The highest BCUT2D eigenvalue weighted by Crippen LogP contribution is 2.39. The largest absolute Gasteiger partial charge is 0.441 e. The summed E-state index contributed by atoms with van der Waals surface area (Å²) in [5.74, 6) is -0.126. The van der Waals surface area contributed by atoms with Gasteiger partial charge in [0.1, 0.15) is 6.10 Å². The average molecular weight is 265 g/mol. The Morgan fingerprint density at radius 2 is 2.39 bits per heavy atom. The van der Waals surface area contributed by atoms with Crippen molar-refractivity contribution in [3.8, 4) is 16.6 Å². The van der Waals surface area contributed by atoms with E-state index in [0.717, 1.165) is 9.75 Å². The Hall–Kier alpha value is -1.89. The molecule has 0 N–H and O–H groups in total. The van der Waals surface area contributed by atoms with E-state index < -0.39 is 4.92 Å². The van der Waals surface area contributed by atoms with Crippen molar-refractivity contribution in [2.24, 2.45) is 0 Å². The van der Waals surface area contributed by atoms with E-state index in [9.17, 15) is 10.1 Å². The van der Waals surface area contributed by atoms with E-state index in [-0.39, 0.29) is 11.9 Å². The maximum absolute atomic E-state index is 11.1. The second-order valence-electron chi connectivity index (χ2n) is 4.27. The molecule has 3 heterocycles. The molecule has 2 aromatic heterocycles. The van der Waals surface area contributed by atoms with E-state index in [1.54, 1.807) is 4.57 Å². The van der Waals surface area contributed by atoms with Gasteiger partial charge in [-0.25, -0.2) is 0 Å². The zero-order valence-corrected chi connectivity index (χ0v) is 10.7. The third kappa shape index (κ3) is 1.59. The Labute approximate surface area is 107 Å². The van der Waals surface area contributed by atoms with Crippen molar-refractivity contribution >= 4 is 17.2 Å². The molecule has 0 amide bonds. The first-order chi connectivity index (χ1) is 8.56. The van der Waals surface area contributed by atoms with Gasteiger partial charge in [0.2, 0.25) is 0 Å². The molecule has 0 radical (unpaired) electrons. The molecule has 6 nitrogen and oxygen atoms in total. The summed E-state index contributed by atoms with van der Waals surface area (Å²) >= 11 is 1.52. The zero-order chi connectivity index (χ0) is 12.9. The number of imidazole rings is 1. The smallest absolute Gasteiger partial charge is 0.415 e. The van der Waals surface area contributed by atoms with Crippen LogP contribution in [0.15, 0.2) is 12.1 Å². The Morgan fingerprint density at radius 1 is 1.61 bits per heavy atom. The van der Waals surface area contributed by atoms with Gasteiger partial charge in [-0.1, -0.05) is 0 Å². The third-order valence-electron chi connectivity index (χ3n) is 2.81. The van der Waals surface area contributed by atoms with Gasteiger partial charge in [-0.05, 0) is 30.9 Å². The molecule has 0 fully saturated rings. The average Bonchev–Trinajstić information content (AvgIpc) is 2.91. The molecule has 0 aliphatic carbocycles. The topological polar surface area (TPSA) is 70.2 Å². The molecule has 1 aliphatic rings. The van der Waals surface area contributed by atoms with Gasteiger partial charge in [0.25, 0.3) is 0 Å². The summed E-state index contributed by atoms with van der Waals surface area (Å²) in [5, 5.41) is 11.1. The van der Waals surface area contributed by atoms with Crippen LogP contribution in [-0.2, 0) is 6.54 Å². The van der Waals surface area contributed by atoms with Crippen molar-refractivity contribution in [3.05, 3.63) is 27.1 Å². The van der Waals surface area contributed by atoms with Crippen LogP contribution in [0.25, 0.3) is 10.6 Å². The number of aryl methyl sites for hydroxylation is 1. The minimum atomic E-state index is -0.455. The molecular weight excluding hydrogens is 254 g/mol. The number of ether oxygens (including phenoxy) is 1. The van der Waals surface area contributed by atoms with Crippen molar-refractivity contribution in [2.45, 2.75) is 26.5 Å². The molecule has 0 bridgehead atoms. The first-order valence-corrected chi connectivity index (χ1v) is 6.36. The summed E-state index contributed by atoms with van der Waals surface area (Å²) in [7, 11) is 0. The molecule has 1 unspecified atom stereocenters. The van der Waals surface area contributed by atoms with Crippen LogP contribution in [-0.4, -0.2) is 20.6 Å². The number of nitrogens with zero attached hydrogens (tertiary/aromatic N) is 3. The monoisotopic (exact) mass is 265 g/mol. The second kappa shape index (κ2) is 3.81. The fourth-order valence-electron chi connectivity index (χ4n) is 2.09. The first-order valence-electron chi connectivity index (χ1n) is 5.54. The first kappa shape index (κ1) is 11.2. The van der Waals surface area contributed by atoms with Crippen molar-refractivity contribution < 1.29 is 9.66 Å². The van der Waals surface area contributed by atoms with Crippen molar-refractivity contribution in [1.82, 2.24) is 9.55 Å². The number of hydrogen-bond acceptors (Lipinski definition) is 5. The van der Waals surface area contributed by atoms with Gasteiger partial charge >= 0.3 is 11.8 Å². The second-order valence-corrected chi connectivity index (χ2v) is 5.56. The Bertz CT molecular complexity index is 632. The number of fused-ring (bicyclic) bond motifs is 1. The summed E-state index contributed by atoms with van der Waals surface area (Å²) < 4.78 is 7.24. The molecule has 94 valence electrons. The molecule has 0 saturated heterocycles. The minimum absolute atomic E-state index is 0.00751. The van der Waals surface area contributed by atoms with Crippen LogP contribution in [0, 0.1) is 17.0 Å². The van der Waals surface area contributed by atoms with Gasteiger partial charge < -0.3 is 14.9 Å². The molecule has 7 heteroatoms. The van der Waals surface area contributed by atoms with Gasteiger partial charge in [0.05, 0.1) is 11.4 Å². The van der Waals surface area contributed by atoms with E-state index in [2.05, 4.69) is 4.98 Å². The molecular formula is C11H11N3O3S. The Morgan fingerprint density at radius 3 is 3.00 bits per heavy atom. The standard InChI is InChI=1S/C11H11N3O3S/c1-6-5-13-9(8-4-3-7(2)18-8)10(14(15)16)12-11(13)17-6/h3-4,6H,5H2,1-2H3. The molecule has 0 spiro atoms. The fraction of sp³-hybridized carbons (Fsp3) is 0.364. The van der Waals surface area contributed by atoms with Crippen LogP contribution in [0.1, 0.15) is 11.8 Å². The van der Waals surface area contributed by atoms with Gasteiger partial charge in [-0.3, -0.25) is 4.57 Å². The van der Waals surface area contributed by atoms with Crippen LogP contribution in [0.4, 0.5) is 5.82 Å². The Kier molecular flexibility index (Phi) is 2.37. The molecule has 18 heavy (non-hydrogen) atoms. The van der Waals surface area contributed by atoms with Crippen LogP contribution < -0.4 is 4.74 Å². The van der Waals surface area contributed by atoms with Crippen LogP contribution in [0.3, 0.4) is 0 Å². The highest BCUT2D eigenvalue weighted by Gasteiger charge is 2.36. The molecule has 2 aromatic rings. The van der Waals surface area contributed by atoms with Gasteiger partial charge in [-0.15, -0.1) is 11.3 Å². The highest BCUT2D eigenvalue weighted by atomic mass is 32.1. The summed E-state index contributed by atoms with van der Waals surface area (Å²) in [6, 6.07) is 4.18. The number of hydrogen-bond donors (Lipinski definition) is 0. The molecule has 0 aromatic carbocycles. The lowest BCUT2D eigenvalue weighted by atomic mass is 10.3. The number of thiophene rings is 1. The normalized spacial score (nSPS) is 17.6. The van der Waals surface area contributed by atoms with Crippen LogP contribution in [0.5, 0.6) is 6.01 Å². The lowest BCUT2D eigenvalue weighted by Gasteiger charge is -2.01. The van der Waals surface area contributed by atoms with E-state index in [1.165, 1.54) is 11.3 Å². The lowest BCUT2D eigenvalue weighted by molar-refractivity contribution is -0.388. The summed E-state index contributed by atoms with van der Waals surface area (Å²) in [6.07, 6.45) is 0.00751. The highest BCUT2D eigenvalue weighted by molar-refractivity contribution is 7.15. The van der Waals surface area contributed by atoms with Gasteiger partial charge in [0.15, 0.2) is 5.69 Å². The lowest BCUT2D eigenvalue weighted by Crippen LogP contribution is -2.09. The summed E-state index contributed by atoms with van der Waals surface area (Å²) in [5.41, 5.74) is 0.553. The van der Waals surface area contributed by atoms with Crippen molar-refractivity contribution in [2.75, 3.05) is 0 Å². The van der Waals surface area contributed by atoms with Gasteiger partial charge in [-0.2, -0.15) is 0 Å². The predicted molar refractivity (Wildman–Crippen MR) is 67.0 cm³/mol. The molecule has 1 aliphatic heterocycles. The van der Waals surface area contributed by atoms with Crippen LogP contribution >= 0.6 is 11.3 Å². The van der Waals surface area contributed by atoms with E-state index >= 15 is 0 Å².